The highest BCUT2D eigenvalue weighted by atomic mass is 32.2. The fourth-order valence-electron chi connectivity index (χ4n) is 4.56. The van der Waals surface area contributed by atoms with E-state index >= 15 is 0 Å². The highest BCUT2D eigenvalue weighted by Crippen LogP contribution is 2.41. The Morgan fingerprint density at radius 1 is 1.08 bits per heavy atom. The van der Waals surface area contributed by atoms with E-state index in [9.17, 15) is 5.11 Å². The predicted octanol–water partition coefficient (Wildman–Crippen LogP) is 4.54. The fraction of sp³-hybridized carbons (Fsp3) is 0.478. The summed E-state index contributed by atoms with van der Waals surface area (Å²) in [5, 5.41) is 9.52. The molecular weight excluding hydrogens is 338 g/mol. The van der Waals surface area contributed by atoms with Crippen molar-refractivity contribution in [3.8, 4) is 0 Å². The number of aliphatic hydroxyl groups is 1. The molecule has 2 aromatic carbocycles. The third kappa shape index (κ3) is 4.00. The number of thioether (sulfide) groups is 1. The zero-order valence-corrected chi connectivity index (χ0v) is 16.2. The van der Waals surface area contributed by atoms with E-state index in [4.69, 9.17) is 5.73 Å². The van der Waals surface area contributed by atoms with Gasteiger partial charge in [-0.25, -0.2) is 0 Å². The molecular formula is C23H29NOS. The minimum Gasteiger partial charge on any atom is -0.394 e. The lowest BCUT2D eigenvalue weighted by atomic mass is 9.82. The lowest BCUT2D eigenvalue weighted by Gasteiger charge is -2.26. The molecule has 3 atom stereocenters. The Kier molecular flexibility index (Phi) is 5.40. The number of aliphatic hydroxyl groups excluding tert-OH is 1. The molecule has 3 N–H and O–H groups in total. The van der Waals surface area contributed by atoms with Crippen LogP contribution < -0.4 is 5.73 Å². The van der Waals surface area contributed by atoms with E-state index in [1.54, 1.807) is 5.56 Å². The standard InChI is InChI=1S/C23H29NOS/c24-23(16-25)11-10-21(14-23)20-9-8-18-12-17(6-7-19(18)13-20)15-26-22-4-2-1-3-5-22/h1-5,8-9,13,17,21,25H,6-7,10-12,14-16,24H2/t17-,21+,23-/m1/s1. The summed E-state index contributed by atoms with van der Waals surface area (Å²) in [7, 11) is 0. The van der Waals surface area contributed by atoms with Crippen LogP contribution in [0.5, 0.6) is 0 Å². The summed E-state index contributed by atoms with van der Waals surface area (Å²) >= 11 is 1.99. The summed E-state index contributed by atoms with van der Waals surface area (Å²) in [6.45, 7) is 0.106. The van der Waals surface area contributed by atoms with Gasteiger partial charge in [-0.3, -0.25) is 0 Å². The molecule has 0 amide bonds. The van der Waals surface area contributed by atoms with Crippen molar-refractivity contribution in [2.24, 2.45) is 11.7 Å². The van der Waals surface area contributed by atoms with Gasteiger partial charge in [-0.05, 0) is 79.2 Å². The molecule has 2 aliphatic rings. The molecule has 0 unspecified atom stereocenters. The first-order valence-corrected chi connectivity index (χ1v) is 10.8. The second-order valence-electron chi connectivity index (χ2n) is 8.22. The summed E-state index contributed by atoms with van der Waals surface area (Å²) in [4.78, 5) is 1.38. The van der Waals surface area contributed by atoms with Gasteiger partial charge in [-0.1, -0.05) is 36.4 Å². The van der Waals surface area contributed by atoms with Gasteiger partial charge in [-0.2, -0.15) is 0 Å². The van der Waals surface area contributed by atoms with Gasteiger partial charge in [0, 0.05) is 16.2 Å². The Morgan fingerprint density at radius 3 is 2.69 bits per heavy atom. The number of hydrogen-bond acceptors (Lipinski definition) is 3. The molecule has 1 fully saturated rings. The Morgan fingerprint density at radius 2 is 1.92 bits per heavy atom. The van der Waals surface area contributed by atoms with Crippen LogP contribution in [-0.4, -0.2) is 23.0 Å². The normalized spacial score (nSPS) is 28.1. The van der Waals surface area contributed by atoms with Crippen LogP contribution in [0.4, 0.5) is 0 Å². The van der Waals surface area contributed by atoms with Crippen molar-refractivity contribution >= 4 is 11.8 Å². The molecule has 0 aromatic heterocycles. The molecule has 0 spiro atoms. The lowest BCUT2D eigenvalue weighted by Crippen LogP contribution is -2.40. The van der Waals surface area contributed by atoms with Gasteiger partial charge in [0.1, 0.15) is 0 Å². The molecule has 4 rings (SSSR count). The monoisotopic (exact) mass is 367 g/mol. The van der Waals surface area contributed by atoms with Crippen molar-refractivity contribution < 1.29 is 5.11 Å². The number of hydrogen-bond donors (Lipinski definition) is 2. The molecule has 0 bridgehead atoms. The smallest absolute Gasteiger partial charge is 0.0611 e. The SMILES string of the molecule is N[C@]1(CO)CC[C@H](c2ccc3c(c2)CC[C@@H](CSc2ccccc2)C3)C1. The van der Waals surface area contributed by atoms with Crippen molar-refractivity contribution in [3.63, 3.8) is 0 Å². The van der Waals surface area contributed by atoms with E-state index in [1.165, 1.54) is 41.0 Å². The van der Waals surface area contributed by atoms with Crippen LogP contribution >= 0.6 is 11.8 Å². The summed E-state index contributed by atoms with van der Waals surface area (Å²) < 4.78 is 0. The highest BCUT2D eigenvalue weighted by Gasteiger charge is 2.36. The van der Waals surface area contributed by atoms with Crippen molar-refractivity contribution in [2.45, 2.75) is 54.9 Å². The highest BCUT2D eigenvalue weighted by molar-refractivity contribution is 7.99. The second kappa shape index (κ2) is 7.75. The summed E-state index contributed by atoms with van der Waals surface area (Å²) in [5.74, 6) is 2.50. The van der Waals surface area contributed by atoms with Crippen LogP contribution in [0.15, 0.2) is 53.4 Å². The Bertz CT molecular complexity index is 747. The number of fused-ring (bicyclic) bond motifs is 1. The number of rotatable bonds is 5. The lowest BCUT2D eigenvalue weighted by molar-refractivity contribution is 0.198. The third-order valence-corrected chi connectivity index (χ3v) is 7.46. The summed E-state index contributed by atoms with van der Waals surface area (Å²) in [6, 6.07) is 17.9. The quantitative estimate of drug-likeness (QED) is 0.763. The molecule has 0 radical (unpaired) electrons. The average molecular weight is 368 g/mol. The maximum atomic E-state index is 9.52. The van der Waals surface area contributed by atoms with Crippen molar-refractivity contribution in [2.75, 3.05) is 12.4 Å². The van der Waals surface area contributed by atoms with E-state index in [1.807, 2.05) is 11.8 Å². The van der Waals surface area contributed by atoms with Gasteiger partial charge >= 0.3 is 0 Å². The molecule has 2 aliphatic carbocycles. The Labute approximate surface area is 161 Å². The first-order chi connectivity index (χ1) is 12.6. The van der Waals surface area contributed by atoms with Crippen molar-refractivity contribution in [1.82, 2.24) is 0 Å². The maximum Gasteiger partial charge on any atom is 0.0611 e. The number of benzene rings is 2. The van der Waals surface area contributed by atoms with Gasteiger partial charge in [-0.15, -0.1) is 11.8 Å². The Balaban J connectivity index is 1.38. The van der Waals surface area contributed by atoms with Crippen LogP contribution in [-0.2, 0) is 12.8 Å². The van der Waals surface area contributed by atoms with E-state index < -0.39 is 0 Å². The molecule has 138 valence electrons. The largest absolute Gasteiger partial charge is 0.394 e. The minimum atomic E-state index is -0.361. The molecule has 26 heavy (non-hydrogen) atoms. The first-order valence-electron chi connectivity index (χ1n) is 9.84. The molecule has 1 saturated carbocycles. The van der Waals surface area contributed by atoms with Crippen LogP contribution in [0.25, 0.3) is 0 Å². The zero-order valence-electron chi connectivity index (χ0n) is 15.4. The molecule has 2 aromatic rings. The first kappa shape index (κ1) is 18.1. The third-order valence-electron chi connectivity index (χ3n) is 6.22. The minimum absolute atomic E-state index is 0.106. The number of nitrogens with two attached hydrogens (primary N) is 1. The van der Waals surface area contributed by atoms with Gasteiger partial charge in [0.15, 0.2) is 0 Å². The van der Waals surface area contributed by atoms with E-state index in [-0.39, 0.29) is 12.1 Å². The van der Waals surface area contributed by atoms with Crippen LogP contribution in [0.3, 0.4) is 0 Å². The molecule has 3 heteroatoms. The zero-order chi connectivity index (χ0) is 18.0. The fourth-order valence-corrected chi connectivity index (χ4v) is 5.62. The van der Waals surface area contributed by atoms with Gasteiger partial charge in [0.05, 0.1) is 6.61 Å². The van der Waals surface area contributed by atoms with Gasteiger partial charge in [0.25, 0.3) is 0 Å². The second-order valence-corrected chi connectivity index (χ2v) is 9.31. The molecule has 2 nitrogen and oxygen atoms in total. The van der Waals surface area contributed by atoms with E-state index in [0.29, 0.717) is 5.92 Å². The molecule has 0 heterocycles. The maximum absolute atomic E-state index is 9.52. The summed E-state index contributed by atoms with van der Waals surface area (Å²) in [5.41, 5.74) is 10.4. The Hall–Kier alpha value is -1.29. The van der Waals surface area contributed by atoms with Crippen molar-refractivity contribution in [3.05, 3.63) is 65.2 Å². The molecule has 0 saturated heterocycles. The predicted molar refractivity (Wildman–Crippen MR) is 110 cm³/mol. The topological polar surface area (TPSA) is 46.2 Å². The van der Waals surface area contributed by atoms with E-state index in [2.05, 4.69) is 48.5 Å². The average Bonchev–Trinajstić information content (AvgIpc) is 3.09. The van der Waals surface area contributed by atoms with Crippen LogP contribution in [0, 0.1) is 5.92 Å². The van der Waals surface area contributed by atoms with Gasteiger partial charge in [0.2, 0.25) is 0 Å². The summed E-state index contributed by atoms with van der Waals surface area (Å²) in [6.07, 6.45) is 6.65. The van der Waals surface area contributed by atoms with Crippen LogP contribution in [0.2, 0.25) is 0 Å². The van der Waals surface area contributed by atoms with Gasteiger partial charge < -0.3 is 10.8 Å². The molecule has 0 aliphatic heterocycles. The van der Waals surface area contributed by atoms with E-state index in [0.717, 1.165) is 25.2 Å². The number of aryl methyl sites for hydroxylation is 1. The van der Waals surface area contributed by atoms with Crippen LogP contribution in [0.1, 0.15) is 48.3 Å². The van der Waals surface area contributed by atoms with Crippen molar-refractivity contribution in [1.29, 1.82) is 0 Å².